The molecule has 0 bridgehead atoms. The summed E-state index contributed by atoms with van der Waals surface area (Å²) in [6.45, 7) is 10.9. The van der Waals surface area contributed by atoms with Gasteiger partial charge in [0.15, 0.2) is 0 Å². The van der Waals surface area contributed by atoms with Gasteiger partial charge in [-0.15, -0.1) is 0 Å². The van der Waals surface area contributed by atoms with Crippen LogP contribution in [0.25, 0.3) is 0 Å². The van der Waals surface area contributed by atoms with Crippen LogP contribution in [0.5, 0.6) is 0 Å². The van der Waals surface area contributed by atoms with Crippen molar-refractivity contribution in [1.29, 1.82) is 0 Å². The molecule has 0 aromatic heterocycles. The molecule has 4 atom stereocenters. The minimum Gasteiger partial charge on any atom is -0.391 e. The predicted molar refractivity (Wildman–Crippen MR) is 125 cm³/mol. The average Bonchev–Trinajstić information content (AvgIpc) is 2.78. The van der Waals surface area contributed by atoms with E-state index in [1.807, 2.05) is 12.2 Å². The molecule has 0 aromatic carbocycles. The summed E-state index contributed by atoms with van der Waals surface area (Å²) in [5, 5.41) is 26.2. The molecule has 1 saturated heterocycles. The maximum absolute atomic E-state index is 9.49. The highest BCUT2D eigenvalue weighted by Crippen LogP contribution is 2.11. The highest BCUT2D eigenvalue weighted by molar-refractivity contribution is 4.89. The third-order valence-electron chi connectivity index (χ3n) is 5.64. The van der Waals surface area contributed by atoms with E-state index in [0.717, 1.165) is 52.1 Å². The van der Waals surface area contributed by atoms with E-state index in [-0.39, 0.29) is 0 Å². The fraction of sp³-hybridized carbons (Fsp3) is 0.818. The summed E-state index contributed by atoms with van der Waals surface area (Å²) >= 11 is 0. The van der Waals surface area contributed by atoms with Gasteiger partial charge >= 0.3 is 0 Å². The summed E-state index contributed by atoms with van der Waals surface area (Å²) in [5.74, 6) is 0. The lowest BCUT2D eigenvalue weighted by Crippen LogP contribution is -2.58. The molecule has 8 nitrogen and oxygen atoms in total. The highest BCUT2D eigenvalue weighted by atomic mass is 16.3. The Hall–Kier alpha value is -0.840. The van der Waals surface area contributed by atoms with Crippen LogP contribution in [-0.2, 0) is 0 Å². The molecule has 0 spiro atoms. The lowest BCUT2D eigenvalue weighted by atomic mass is 10.2. The number of hydrogen-bond acceptors (Lipinski definition) is 8. The monoisotopic (exact) mass is 426 g/mol. The van der Waals surface area contributed by atoms with Crippen molar-refractivity contribution >= 4 is 0 Å². The predicted octanol–water partition coefficient (Wildman–Crippen LogP) is -0.213. The average molecular weight is 427 g/mol. The van der Waals surface area contributed by atoms with Crippen LogP contribution in [0.2, 0.25) is 0 Å². The third-order valence-corrected chi connectivity index (χ3v) is 5.64. The summed E-state index contributed by atoms with van der Waals surface area (Å²) < 4.78 is 0. The van der Waals surface area contributed by atoms with Crippen LogP contribution in [0.1, 0.15) is 39.5 Å². The zero-order valence-electron chi connectivity index (χ0n) is 19.0. The highest BCUT2D eigenvalue weighted by Gasteiger charge is 2.25. The number of nitrogens with one attached hydrogen (secondary N) is 2. The van der Waals surface area contributed by atoms with E-state index in [4.69, 9.17) is 11.5 Å². The Morgan fingerprint density at radius 3 is 1.40 bits per heavy atom. The van der Waals surface area contributed by atoms with Crippen molar-refractivity contribution in [3.05, 3.63) is 24.3 Å². The lowest BCUT2D eigenvalue weighted by molar-refractivity contribution is 0.0478. The molecule has 0 aliphatic carbocycles. The number of hydrogen-bond donors (Lipinski definition) is 6. The molecule has 0 saturated carbocycles. The number of rotatable bonds is 16. The number of aliphatic hydroxyl groups is 2. The fourth-order valence-electron chi connectivity index (χ4n) is 3.70. The van der Waals surface area contributed by atoms with E-state index in [0.29, 0.717) is 38.3 Å². The molecule has 0 amide bonds. The van der Waals surface area contributed by atoms with E-state index in [2.05, 4.69) is 46.4 Å². The molecule has 1 fully saturated rings. The van der Waals surface area contributed by atoms with Crippen LogP contribution in [0.3, 0.4) is 0 Å². The maximum Gasteiger partial charge on any atom is 0.0696 e. The van der Waals surface area contributed by atoms with Crippen LogP contribution in [0.15, 0.2) is 24.3 Å². The van der Waals surface area contributed by atoms with Gasteiger partial charge in [-0.1, -0.05) is 38.2 Å². The first-order chi connectivity index (χ1) is 14.5. The van der Waals surface area contributed by atoms with E-state index in [1.165, 1.54) is 0 Å². The summed E-state index contributed by atoms with van der Waals surface area (Å²) in [4.78, 5) is 5.06. The molecule has 0 radical (unpaired) electrons. The molecule has 1 aliphatic rings. The molecule has 1 heterocycles. The first-order valence-corrected chi connectivity index (χ1v) is 11.6. The van der Waals surface area contributed by atoms with Gasteiger partial charge < -0.3 is 21.7 Å². The zero-order valence-corrected chi connectivity index (χ0v) is 19.0. The van der Waals surface area contributed by atoms with Crippen LogP contribution >= 0.6 is 0 Å². The maximum atomic E-state index is 9.49. The van der Waals surface area contributed by atoms with Crippen LogP contribution in [0, 0.1) is 0 Å². The first-order valence-electron chi connectivity index (χ1n) is 11.6. The van der Waals surface area contributed by atoms with Crippen LogP contribution in [0.4, 0.5) is 0 Å². The van der Waals surface area contributed by atoms with Gasteiger partial charge in [0.1, 0.15) is 0 Å². The molecular weight excluding hydrogens is 380 g/mol. The Kier molecular flexibility index (Phi) is 15.2. The van der Waals surface area contributed by atoms with Crippen molar-refractivity contribution in [3.63, 3.8) is 0 Å². The van der Waals surface area contributed by atoms with Crippen molar-refractivity contribution in [1.82, 2.24) is 20.4 Å². The van der Waals surface area contributed by atoms with E-state index < -0.39 is 12.2 Å². The minimum atomic E-state index is -0.440. The second-order valence-corrected chi connectivity index (χ2v) is 7.93. The topological polar surface area (TPSA) is 123 Å². The Morgan fingerprint density at radius 2 is 1.10 bits per heavy atom. The van der Waals surface area contributed by atoms with E-state index >= 15 is 0 Å². The molecule has 8 heteroatoms. The van der Waals surface area contributed by atoms with Gasteiger partial charge in [-0.05, 0) is 25.7 Å². The number of piperazine rings is 1. The fourth-order valence-corrected chi connectivity index (χ4v) is 3.70. The molecule has 8 N–H and O–H groups in total. The van der Waals surface area contributed by atoms with Crippen molar-refractivity contribution in [2.45, 2.75) is 64.1 Å². The first kappa shape index (κ1) is 27.2. The summed E-state index contributed by atoms with van der Waals surface area (Å²) in [7, 11) is 0. The summed E-state index contributed by atoms with van der Waals surface area (Å²) in [6, 6.07) is 0. The van der Waals surface area contributed by atoms with Gasteiger partial charge in [0, 0.05) is 52.4 Å². The van der Waals surface area contributed by atoms with Gasteiger partial charge in [0.05, 0.1) is 24.5 Å². The Labute approximate surface area is 183 Å². The molecule has 4 unspecified atom stereocenters. The second kappa shape index (κ2) is 16.8. The molecule has 1 aliphatic heterocycles. The molecule has 176 valence electrons. The van der Waals surface area contributed by atoms with Gasteiger partial charge in [-0.2, -0.15) is 0 Å². The SMILES string of the molecule is CCC(NCC=CCC(O)CN)N1CCN(C(CC)NCC=CCC(O)CN)CC1. The van der Waals surface area contributed by atoms with Crippen molar-refractivity contribution in [3.8, 4) is 0 Å². The van der Waals surface area contributed by atoms with Crippen molar-refractivity contribution < 1.29 is 10.2 Å². The third kappa shape index (κ3) is 11.0. The quantitative estimate of drug-likeness (QED) is 0.187. The number of nitrogens with two attached hydrogens (primary N) is 2. The molecular formula is C22H46N6O2. The van der Waals surface area contributed by atoms with Gasteiger partial charge in [0.25, 0.3) is 0 Å². The van der Waals surface area contributed by atoms with Crippen LogP contribution < -0.4 is 22.1 Å². The van der Waals surface area contributed by atoms with E-state index in [1.54, 1.807) is 0 Å². The largest absolute Gasteiger partial charge is 0.391 e. The molecule has 0 aromatic rings. The number of aliphatic hydroxyl groups excluding tert-OH is 2. The van der Waals surface area contributed by atoms with Gasteiger partial charge in [-0.25, -0.2) is 0 Å². The van der Waals surface area contributed by atoms with Gasteiger partial charge in [0.2, 0.25) is 0 Å². The molecule has 1 rings (SSSR count). The van der Waals surface area contributed by atoms with Crippen molar-refractivity contribution in [2.24, 2.45) is 11.5 Å². The standard InChI is InChI=1S/C22H46N6O2/c1-3-21(25-11-7-5-9-19(29)17-23)27-13-15-28(16-14-27)22(4-2)26-12-8-6-10-20(30)18-24/h5-8,19-22,25-26,29-30H,3-4,9-18,23-24H2,1-2H3. The zero-order chi connectivity index (χ0) is 22.2. The Bertz CT molecular complexity index is 427. The van der Waals surface area contributed by atoms with Crippen LogP contribution in [-0.4, -0.2) is 96.9 Å². The summed E-state index contributed by atoms with van der Waals surface area (Å²) in [5.41, 5.74) is 10.8. The second-order valence-electron chi connectivity index (χ2n) is 7.93. The Morgan fingerprint density at radius 1 is 0.733 bits per heavy atom. The smallest absolute Gasteiger partial charge is 0.0696 e. The van der Waals surface area contributed by atoms with Gasteiger partial charge in [-0.3, -0.25) is 20.4 Å². The summed E-state index contributed by atoms with van der Waals surface area (Å²) in [6.07, 6.45) is 11.4. The van der Waals surface area contributed by atoms with Crippen molar-refractivity contribution in [2.75, 3.05) is 52.4 Å². The normalized spacial score (nSPS) is 20.7. The molecule has 30 heavy (non-hydrogen) atoms. The van der Waals surface area contributed by atoms with E-state index in [9.17, 15) is 10.2 Å². The Balaban J connectivity index is 2.32. The lowest BCUT2D eigenvalue weighted by Gasteiger charge is -2.42. The minimum absolute atomic E-state index is 0.306. The number of nitrogens with zero attached hydrogens (tertiary/aromatic N) is 2.